The Labute approximate surface area is 180 Å². The molecule has 1 aliphatic rings. The van der Waals surface area contributed by atoms with Gasteiger partial charge in [0.2, 0.25) is 0 Å². The third kappa shape index (κ3) is 5.63. The molecule has 1 fully saturated rings. The number of Topliss-reactive ketones (excluding diaryl/α,β-unsaturated/α-hetero) is 1. The Morgan fingerprint density at radius 2 is 1.60 bits per heavy atom. The van der Waals surface area contributed by atoms with Gasteiger partial charge >= 0.3 is 0 Å². The molecule has 30 heavy (non-hydrogen) atoms. The van der Waals surface area contributed by atoms with Crippen molar-refractivity contribution in [1.29, 1.82) is 0 Å². The number of ketones is 1. The van der Waals surface area contributed by atoms with Crippen LogP contribution in [0.5, 0.6) is 5.75 Å². The Morgan fingerprint density at radius 1 is 0.967 bits per heavy atom. The Hall–Kier alpha value is -2.34. The average molecular weight is 430 g/mol. The summed E-state index contributed by atoms with van der Waals surface area (Å²) in [5.74, 6) is 1.04. The van der Waals surface area contributed by atoms with Gasteiger partial charge in [-0.1, -0.05) is 43.9 Å². The molecule has 0 unspecified atom stereocenters. The summed E-state index contributed by atoms with van der Waals surface area (Å²) in [6.07, 6.45) is 7.57. The fourth-order valence-electron chi connectivity index (χ4n) is 4.06. The first kappa shape index (κ1) is 22.3. The van der Waals surface area contributed by atoms with Gasteiger partial charge in [-0.25, -0.2) is 8.42 Å². The number of carbonyl (C=O) groups excluding carboxylic acids is 1. The van der Waals surface area contributed by atoms with Crippen LogP contribution in [0.4, 0.5) is 5.69 Å². The lowest BCUT2D eigenvalue weighted by Crippen LogP contribution is -2.32. The highest BCUT2D eigenvalue weighted by Crippen LogP contribution is 2.27. The van der Waals surface area contributed by atoms with E-state index in [1.54, 1.807) is 43.5 Å². The second kappa shape index (κ2) is 10.6. The normalized spacial score (nSPS) is 15.4. The van der Waals surface area contributed by atoms with Crippen LogP contribution in [0.3, 0.4) is 0 Å². The molecule has 0 atom stereocenters. The van der Waals surface area contributed by atoms with E-state index in [0.717, 1.165) is 25.7 Å². The number of anilines is 1. The van der Waals surface area contributed by atoms with Crippen LogP contribution in [0.2, 0.25) is 0 Å². The Morgan fingerprint density at radius 3 is 2.20 bits per heavy atom. The van der Waals surface area contributed by atoms with E-state index < -0.39 is 10.0 Å². The van der Waals surface area contributed by atoms with Gasteiger partial charge in [0, 0.05) is 18.9 Å². The minimum absolute atomic E-state index is 0.149. The van der Waals surface area contributed by atoms with Crippen LogP contribution >= 0.6 is 0 Å². The van der Waals surface area contributed by atoms with Crippen molar-refractivity contribution in [2.45, 2.75) is 56.3 Å². The van der Waals surface area contributed by atoms with Crippen molar-refractivity contribution in [3.63, 3.8) is 0 Å². The van der Waals surface area contributed by atoms with Crippen LogP contribution in [-0.4, -0.2) is 27.9 Å². The number of ether oxygens (including phenoxy) is 1. The van der Waals surface area contributed by atoms with Gasteiger partial charge in [0.15, 0.2) is 0 Å². The lowest BCUT2D eigenvalue weighted by molar-refractivity contribution is -0.123. The summed E-state index contributed by atoms with van der Waals surface area (Å²) in [7, 11) is -2.19. The summed E-state index contributed by atoms with van der Waals surface area (Å²) in [5, 5.41) is 0. The van der Waals surface area contributed by atoms with Crippen molar-refractivity contribution in [3.05, 3.63) is 54.6 Å². The Bertz CT molecular complexity index is 902. The molecule has 0 spiro atoms. The lowest BCUT2D eigenvalue weighted by Gasteiger charge is -2.25. The summed E-state index contributed by atoms with van der Waals surface area (Å²) in [5.41, 5.74) is 0.607. The van der Waals surface area contributed by atoms with Crippen LogP contribution in [0.15, 0.2) is 59.5 Å². The first-order valence-corrected chi connectivity index (χ1v) is 12.2. The second-order valence-electron chi connectivity index (χ2n) is 7.85. The van der Waals surface area contributed by atoms with E-state index in [9.17, 15) is 13.2 Å². The fourth-order valence-corrected chi connectivity index (χ4v) is 5.56. The molecule has 2 aromatic carbocycles. The van der Waals surface area contributed by atoms with E-state index in [2.05, 4.69) is 0 Å². The Balaban J connectivity index is 1.73. The van der Waals surface area contributed by atoms with Crippen LogP contribution < -0.4 is 9.04 Å². The van der Waals surface area contributed by atoms with Gasteiger partial charge in [-0.15, -0.1) is 0 Å². The van der Waals surface area contributed by atoms with Crippen LogP contribution in [-0.2, 0) is 14.8 Å². The maximum absolute atomic E-state index is 13.4. The highest BCUT2D eigenvalue weighted by molar-refractivity contribution is 7.92. The number of benzene rings is 2. The first-order valence-electron chi connectivity index (χ1n) is 10.8. The van der Waals surface area contributed by atoms with E-state index in [1.807, 2.05) is 18.2 Å². The molecule has 5 nitrogen and oxygen atoms in total. The third-order valence-electron chi connectivity index (χ3n) is 5.79. The van der Waals surface area contributed by atoms with E-state index in [1.165, 1.54) is 17.1 Å². The van der Waals surface area contributed by atoms with Crippen molar-refractivity contribution >= 4 is 21.5 Å². The van der Waals surface area contributed by atoms with Crippen molar-refractivity contribution in [3.8, 4) is 5.75 Å². The summed E-state index contributed by atoms with van der Waals surface area (Å²) in [6.45, 7) is 0.275. The molecule has 162 valence electrons. The highest BCUT2D eigenvalue weighted by atomic mass is 32.2. The fraction of sp³-hybridized carbons (Fsp3) is 0.458. The third-order valence-corrected chi connectivity index (χ3v) is 7.63. The van der Waals surface area contributed by atoms with Gasteiger partial charge in [0.05, 0.1) is 17.7 Å². The smallest absolute Gasteiger partial charge is 0.264 e. The van der Waals surface area contributed by atoms with E-state index >= 15 is 0 Å². The second-order valence-corrected chi connectivity index (χ2v) is 9.71. The van der Waals surface area contributed by atoms with Gasteiger partial charge in [-0.3, -0.25) is 9.10 Å². The zero-order valence-electron chi connectivity index (χ0n) is 17.6. The van der Waals surface area contributed by atoms with Crippen LogP contribution in [0, 0.1) is 5.92 Å². The number of hydrogen-bond donors (Lipinski definition) is 0. The van der Waals surface area contributed by atoms with Crippen molar-refractivity contribution in [2.75, 3.05) is 18.0 Å². The number of nitrogens with zero attached hydrogens (tertiary/aromatic N) is 1. The number of methoxy groups -OCH3 is 1. The summed E-state index contributed by atoms with van der Waals surface area (Å²) >= 11 is 0. The van der Waals surface area contributed by atoms with E-state index in [0.29, 0.717) is 24.3 Å². The number of carbonyl (C=O) groups is 1. The van der Waals surface area contributed by atoms with Crippen LogP contribution in [0.25, 0.3) is 0 Å². The largest absolute Gasteiger partial charge is 0.497 e. The van der Waals surface area contributed by atoms with Crippen molar-refractivity contribution in [1.82, 2.24) is 0 Å². The van der Waals surface area contributed by atoms with E-state index in [-0.39, 0.29) is 23.1 Å². The average Bonchev–Trinajstić information content (AvgIpc) is 3.07. The van der Waals surface area contributed by atoms with Crippen LogP contribution in [0.1, 0.15) is 51.4 Å². The van der Waals surface area contributed by atoms with Crippen molar-refractivity contribution in [2.24, 2.45) is 5.92 Å². The summed E-state index contributed by atoms with van der Waals surface area (Å²) in [4.78, 5) is 12.9. The minimum atomic E-state index is -3.74. The zero-order chi connectivity index (χ0) is 21.4. The van der Waals surface area contributed by atoms with Crippen molar-refractivity contribution < 1.29 is 17.9 Å². The number of rotatable bonds is 9. The molecule has 0 N–H and O–H groups in total. The molecule has 3 rings (SSSR count). The van der Waals surface area contributed by atoms with Gasteiger partial charge < -0.3 is 4.74 Å². The molecule has 1 aliphatic carbocycles. The maximum atomic E-state index is 13.4. The zero-order valence-corrected chi connectivity index (χ0v) is 18.4. The molecule has 0 saturated heterocycles. The maximum Gasteiger partial charge on any atom is 0.264 e. The molecule has 6 heteroatoms. The first-order chi connectivity index (χ1) is 14.5. The number of sulfonamides is 1. The minimum Gasteiger partial charge on any atom is -0.497 e. The molecule has 0 radical (unpaired) electrons. The molecule has 0 amide bonds. The van der Waals surface area contributed by atoms with Gasteiger partial charge in [-0.2, -0.15) is 0 Å². The standard InChI is InChI=1S/C24H31NO4S/c1-29-22-15-17-23(18-16-22)30(27,28)25(21-12-7-4-8-13-21)19-9-14-24(26)20-10-5-2-3-6-11-20/h4,7-8,12-13,15-18,20H,2-3,5-6,9-11,14,19H2,1H3. The predicted molar refractivity (Wildman–Crippen MR) is 119 cm³/mol. The summed E-state index contributed by atoms with van der Waals surface area (Å²) in [6, 6.07) is 15.5. The molecule has 2 aromatic rings. The molecule has 0 bridgehead atoms. The van der Waals surface area contributed by atoms with Gasteiger partial charge in [-0.05, 0) is 55.7 Å². The van der Waals surface area contributed by atoms with E-state index in [4.69, 9.17) is 4.74 Å². The molecular formula is C24H31NO4S. The number of hydrogen-bond acceptors (Lipinski definition) is 4. The molecule has 0 aliphatic heterocycles. The Kier molecular flexibility index (Phi) is 7.91. The molecule has 0 aromatic heterocycles. The predicted octanol–water partition coefficient (Wildman–Crippen LogP) is 5.21. The lowest BCUT2D eigenvalue weighted by atomic mass is 9.93. The highest BCUT2D eigenvalue weighted by Gasteiger charge is 2.26. The summed E-state index contributed by atoms with van der Waals surface area (Å²) < 4.78 is 33.3. The number of para-hydroxylation sites is 1. The quantitative estimate of drug-likeness (QED) is 0.513. The molecular weight excluding hydrogens is 398 g/mol. The monoisotopic (exact) mass is 429 g/mol. The van der Waals surface area contributed by atoms with Gasteiger partial charge in [0.25, 0.3) is 10.0 Å². The van der Waals surface area contributed by atoms with Gasteiger partial charge in [0.1, 0.15) is 11.5 Å². The topological polar surface area (TPSA) is 63.7 Å². The molecule has 1 saturated carbocycles. The molecule has 0 heterocycles. The SMILES string of the molecule is COc1ccc(S(=O)(=O)N(CCCC(=O)C2CCCCCC2)c2ccccc2)cc1.